The molecule has 0 saturated carbocycles. The molecule has 3 heterocycles. The van der Waals surface area contributed by atoms with Crippen molar-refractivity contribution in [2.45, 2.75) is 12.7 Å². The fourth-order valence-electron chi connectivity index (χ4n) is 2.97. The van der Waals surface area contributed by atoms with E-state index in [1.54, 1.807) is 10.9 Å². The molecule has 0 aliphatic carbocycles. The van der Waals surface area contributed by atoms with Crippen molar-refractivity contribution in [3.63, 3.8) is 0 Å². The molecule has 4 rings (SSSR count). The summed E-state index contributed by atoms with van der Waals surface area (Å²) in [4.78, 5) is 15.1. The third kappa shape index (κ3) is 3.52. The number of benzene rings is 1. The first-order chi connectivity index (χ1) is 12.9. The number of ether oxygens (including phenoxy) is 1. The van der Waals surface area contributed by atoms with E-state index in [0.717, 1.165) is 12.1 Å². The first-order valence-corrected chi connectivity index (χ1v) is 8.39. The van der Waals surface area contributed by atoms with Crippen molar-refractivity contribution in [1.82, 2.24) is 19.5 Å². The maximum atomic E-state index is 12.7. The number of alkyl halides is 3. The number of fused-ring (bicyclic) bond motifs is 1. The van der Waals surface area contributed by atoms with Crippen molar-refractivity contribution in [2.75, 3.05) is 36.9 Å². The molecule has 0 spiro atoms. The molecule has 2 N–H and O–H groups in total. The van der Waals surface area contributed by atoms with Gasteiger partial charge < -0.3 is 19.9 Å². The van der Waals surface area contributed by atoms with Crippen LogP contribution in [0.3, 0.4) is 0 Å². The number of halogens is 3. The molecule has 0 amide bonds. The second-order valence-electron chi connectivity index (χ2n) is 6.25. The maximum absolute atomic E-state index is 12.7. The fraction of sp³-hybridized carbons (Fsp3) is 0.353. The molecule has 142 valence electrons. The van der Waals surface area contributed by atoms with E-state index in [2.05, 4.69) is 15.0 Å². The summed E-state index contributed by atoms with van der Waals surface area (Å²) in [6, 6.07) is 5.03. The van der Waals surface area contributed by atoms with Crippen LogP contribution in [-0.2, 0) is 17.5 Å². The lowest BCUT2D eigenvalue weighted by Crippen LogP contribution is -2.37. The number of aromatic nitrogens is 4. The Kier molecular flexibility index (Phi) is 4.34. The Morgan fingerprint density at radius 3 is 2.44 bits per heavy atom. The number of nitrogens with two attached hydrogens (primary N) is 1. The van der Waals surface area contributed by atoms with Crippen molar-refractivity contribution < 1.29 is 17.9 Å². The predicted octanol–water partition coefficient (Wildman–Crippen LogP) is 2.31. The minimum absolute atomic E-state index is 0.271. The van der Waals surface area contributed by atoms with Gasteiger partial charge in [0, 0.05) is 13.1 Å². The predicted molar refractivity (Wildman–Crippen MR) is 93.3 cm³/mol. The van der Waals surface area contributed by atoms with Gasteiger partial charge in [0.05, 0.1) is 31.6 Å². The molecular weight excluding hydrogens is 361 g/mol. The first kappa shape index (κ1) is 17.5. The Morgan fingerprint density at radius 1 is 1.07 bits per heavy atom. The van der Waals surface area contributed by atoms with Crippen LogP contribution >= 0.6 is 0 Å². The van der Waals surface area contributed by atoms with Crippen LogP contribution in [0.1, 0.15) is 11.1 Å². The Morgan fingerprint density at radius 2 is 1.78 bits per heavy atom. The Balaban J connectivity index is 1.64. The summed E-state index contributed by atoms with van der Waals surface area (Å²) in [7, 11) is 0. The van der Waals surface area contributed by atoms with Crippen molar-refractivity contribution in [1.29, 1.82) is 0 Å². The number of rotatable bonds is 3. The molecular formula is C17H17F3N6O. The Labute approximate surface area is 152 Å². The van der Waals surface area contributed by atoms with Gasteiger partial charge in [-0.2, -0.15) is 23.1 Å². The summed E-state index contributed by atoms with van der Waals surface area (Å²) >= 11 is 0. The van der Waals surface area contributed by atoms with Crippen LogP contribution in [0, 0.1) is 0 Å². The molecule has 0 bridgehead atoms. The topological polar surface area (TPSA) is 82.1 Å². The third-order valence-corrected chi connectivity index (χ3v) is 4.41. The zero-order valence-corrected chi connectivity index (χ0v) is 14.3. The molecule has 27 heavy (non-hydrogen) atoms. The molecule has 1 aromatic carbocycles. The maximum Gasteiger partial charge on any atom is 0.416 e. The number of nitrogens with zero attached hydrogens (tertiary/aromatic N) is 5. The second-order valence-corrected chi connectivity index (χ2v) is 6.25. The molecule has 1 aliphatic rings. The van der Waals surface area contributed by atoms with Crippen LogP contribution in [0.2, 0.25) is 0 Å². The molecule has 0 atom stereocenters. The van der Waals surface area contributed by atoms with E-state index in [0.29, 0.717) is 55.5 Å². The van der Waals surface area contributed by atoms with E-state index in [1.807, 2.05) is 4.90 Å². The van der Waals surface area contributed by atoms with Crippen LogP contribution < -0.4 is 10.6 Å². The van der Waals surface area contributed by atoms with Gasteiger partial charge >= 0.3 is 6.18 Å². The lowest BCUT2D eigenvalue weighted by atomic mass is 10.1. The highest BCUT2D eigenvalue weighted by molar-refractivity contribution is 5.83. The highest BCUT2D eigenvalue weighted by Gasteiger charge is 2.30. The highest BCUT2D eigenvalue weighted by atomic mass is 19.4. The molecule has 1 saturated heterocycles. The van der Waals surface area contributed by atoms with E-state index >= 15 is 0 Å². The smallest absolute Gasteiger partial charge is 0.382 e. The van der Waals surface area contributed by atoms with Crippen LogP contribution in [0.5, 0.6) is 0 Å². The van der Waals surface area contributed by atoms with Gasteiger partial charge in [-0.15, -0.1) is 0 Å². The van der Waals surface area contributed by atoms with Gasteiger partial charge in [-0.05, 0) is 17.7 Å². The fourth-order valence-corrected chi connectivity index (χ4v) is 2.97. The molecule has 0 radical (unpaired) electrons. The minimum Gasteiger partial charge on any atom is -0.382 e. The van der Waals surface area contributed by atoms with E-state index in [1.165, 1.54) is 12.1 Å². The molecule has 7 nitrogen and oxygen atoms in total. The van der Waals surface area contributed by atoms with Crippen LogP contribution in [0.15, 0.2) is 30.6 Å². The summed E-state index contributed by atoms with van der Waals surface area (Å²) in [6.07, 6.45) is -2.79. The van der Waals surface area contributed by atoms with E-state index in [4.69, 9.17) is 10.5 Å². The van der Waals surface area contributed by atoms with Crippen LogP contribution in [0.4, 0.5) is 24.9 Å². The zero-order chi connectivity index (χ0) is 19.0. The lowest BCUT2D eigenvalue weighted by Gasteiger charge is -2.26. The SMILES string of the molecule is Nc1nc(N2CCOCC2)nc2c1ncn2Cc1ccc(C(F)(F)F)cc1. The molecule has 0 unspecified atom stereocenters. The van der Waals surface area contributed by atoms with Crippen LogP contribution in [-0.4, -0.2) is 45.8 Å². The Bertz CT molecular complexity index is 948. The normalized spacial score (nSPS) is 15.4. The Hall–Kier alpha value is -2.88. The standard InChI is InChI=1S/C17H17F3N6O/c18-17(19,20)12-3-1-11(2-4-12)9-26-10-22-13-14(21)23-16(24-15(13)26)25-5-7-27-8-6-25/h1-4,10H,5-9H2,(H2,21,23,24). The summed E-state index contributed by atoms with van der Waals surface area (Å²) in [5, 5.41) is 0. The molecule has 2 aromatic heterocycles. The summed E-state index contributed by atoms with van der Waals surface area (Å²) in [5.41, 5.74) is 7.07. The largest absolute Gasteiger partial charge is 0.416 e. The number of hydrogen-bond donors (Lipinski definition) is 1. The quantitative estimate of drug-likeness (QED) is 0.753. The third-order valence-electron chi connectivity index (χ3n) is 4.41. The van der Waals surface area contributed by atoms with Crippen molar-refractivity contribution in [2.24, 2.45) is 0 Å². The first-order valence-electron chi connectivity index (χ1n) is 8.39. The van der Waals surface area contributed by atoms with Gasteiger partial charge in [0.15, 0.2) is 11.5 Å². The van der Waals surface area contributed by atoms with E-state index in [-0.39, 0.29) is 5.82 Å². The number of hydrogen-bond acceptors (Lipinski definition) is 6. The van der Waals surface area contributed by atoms with Gasteiger partial charge in [-0.3, -0.25) is 0 Å². The number of anilines is 2. The zero-order valence-electron chi connectivity index (χ0n) is 14.3. The van der Waals surface area contributed by atoms with Gasteiger partial charge in [-0.25, -0.2) is 4.98 Å². The lowest BCUT2D eigenvalue weighted by molar-refractivity contribution is -0.137. The van der Waals surface area contributed by atoms with Gasteiger partial charge in [0.25, 0.3) is 0 Å². The highest BCUT2D eigenvalue weighted by Crippen LogP contribution is 2.29. The number of nitrogen functional groups attached to an aromatic ring is 1. The van der Waals surface area contributed by atoms with Crippen molar-refractivity contribution >= 4 is 22.9 Å². The molecule has 1 aliphatic heterocycles. The molecule has 3 aromatic rings. The van der Waals surface area contributed by atoms with E-state index < -0.39 is 11.7 Å². The summed E-state index contributed by atoms with van der Waals surface area (Å²) < 4.78 is 45.2. The molecule has 1 fully saturated rings. The molecule has 10 heteroatoms. The summed E-state index contributed by atoms with van der Waals surface area (Å²) in [5.74, 6) is 0.769. The van der Waals surface area contributed by atoms with E-state index in [9.17, 15) is 13.2 Å². The average molecular weight is 378 g/mol. The average Bonchev–Trinajstić information content (AvgIpc) is 3.05. The number of morpholine rings is 1. The monoisotopic (exact) mass is 378 g/mol. The minimum atomic E-state index is -4.35. The van der Waals surface area contributed by atoms with Crippen LogP contribution in [0.25, 0.3) is 11.2 Å². The van der Waals surface area contributed by atoms with Gasteiger partial charge in [0.1, 0.15) is 5.52 Å². The number of imidazole rings is 1. The summed E-state index contributed by atoms with van der Waals surface area (Å²) in [6.45, 7) is 2.84. The van der Waals surface area contributed by atoms with Gasteiger partial charge in [0.2, 0.25) is 5.95 Å². The second kappa shape index (κ2) is 6.69. The van der Waals surface area contributed by atoms with Crippen molar-refractivity contribution in [3.8, 4) is 0 Å². The van der Waals surface area contributed by atoms with Gasteiger partial charge in [-0.1, -0.05) is 12.1 Å². The van der Waals surface area contributed by atoms with Crippen molar-refractivity contribution in [3.05, 3.63) is 41.7 Å².